The second-order valence-electron chi connectivity index (χ2n) is 11.5. The van der Waals surface area contributed by atoms with Gasteiger partial charge in [-0.05, 0) is 71.6 Å². The molecule has 210 valence electrons. The molecule has 5 nitrogen and oxygen atoms in total. The van der Waals surface area contributed by atoms with Crippen LogP contribution >= 0.6 is 0 Å². The smallest absolute Gasteiger partial charge is 0.251 e. The van der Waals surface area contributed by atoms with E-state index in [0.29, 0.717) is 44.2 Å². The SMILES string of the molecule is CC1(CCCCC[C@H](NC(=O)c2ccc(-c3ccccc3)cc2)C(=O)N2CCOCC2)C[C@H]1c1ccc(F)cc1. The van der Waals surface area contributed by atoms with Gasteiger partial charge in [0.05, 0.1) is 13.2 Å². The van der Waals surface area contributed by atoms with Gasteiger partial charge in [-0.2, -0.15) is 0 Å². The average molecular weight is 543 g/mol. The molecule has 1 aliphatic carbocycles. The second kappa shape index (κ2) is 12.8. The van der Waals surface area contributed by atoms with Crippen LogP contribution in [0, 0.1) is 11.2 Å². The first-order valence-electron chi connectivity index (χ1n) is 14.5. The first-order valence-corrected chi connectivity index (χ1v) is 14.5. The van der Waals surface area contributed by atoms with Crippen molar-refractivity contribution in [1.29, 1.82) is 0 Å². The van der Waals surface area contributed by atoms with Crippen molar-refractivity contribution in [1.82, 2.24) is 10.2 Å². The van der Waals surface area contributed by atoms with Crippen LogP contribution in [0.5, 0.6) is 0 Å². The lowest BCUT2D eigenvalue weighted by molar-refractivity contribution is -0.137. The van der Waals surface area contributed by atoms with Gasteiger partial charge in [0, 0.05) is 18.7 Å². The van der Waals surface area contributed by atoms with Crippen LogP contribution < -0.4 is 5.32 Å². The van der Waals surface area contributed by atoms with Crippen molar-refractivity contribution in [2.75, 3.05) is 26.3 Å². The average Bonchev–Trinajstić information content (AvgIpc) is 3.68. The van der Waals surface area contributed by atoms with Gasteiger partial charge < -0.3 is 15.0 Å². The molecule has 0 radical (unpaired) electrons. The van der Waals surface area contributed by atoms with Gasteiger partial charge in [-0.25, -0.2) is 4.39 Å². The van der Waals surface area contributed by atoms with Crippen molar-refractivity contribution in [3.8, 4) is 11.1 Å². The number of morpholine rings is 1. The highest BCUT2D eigenvalue weighted by atomic mass is 19.1. The van der Waals surface area contributed by atoms with E-state index in [1.807, 2.05) is 71.6 Å². The number of hydrogen-bond donors (Lipinski definition) is 1. The summed E-state index contributed by atoms with van der Waals surface area (Å²) in [5, 5.41) is 3.04. The van der Waals surface area contributed by atoms with Gasteiger partial charge in [0.25, 0.3) is 5.91 Å². The van der Waals surface area contributed by atoms with Gasteiger partial charge in [-0.3, -0.25) is 9.59 Å². The fourth-order valence-corrected chi connectivity index (χ4v) is 5.90. The Morgan fingerprint density at radius 2 is 1.60 bits per heavy atom. The van der Waals surface area contributed by atoms with E-state index in [0.717, 1.165) is 43.2 Å². The van der Waals surface area contributed by atoms with E-state index in [1.165, 1.54) is 5.56 Å². The molecule has 0 spiro atoms. The normalized spacial score (nSPS) is 21.1. The highest BCUT2D eigenvalue weighted by molar-refractivity contribution is 5.98. The number of carbonyl (C=O) groups is 2. The summed E-state index contributed by atoms with van der Waals surface area (Å²) in [5.41, 5.74) is 4.18. The molecule has 1 heterocycles. The number of amides is 2. The zero-order valence-electron chi connectivity index (χ0n) is 23.3. The predicted molar refractivity (Wildman–Crippen MR) is 155 cm³/mol. The predicted octanol–water partition coefficient (Wildman–Crippen LogP) is 6.59. The summed E-state index contributed by atoms with van der Waals surface area (Å²) in [6.07, 6.45) is 5.79. The second-order valence-corrected chi connectivity index (χ2v) is 11.5. The van der Waals surface area contributed by atoms with Crippen LogP contribution in [0.25, 0.3) is 11.1 Å². The molecule has 3 atom stereocenters. The van der Waals surface area contributed by atoms with Gasteiger partial charge in [0.2, 0.25) is 5.91 Å². The third-order valence-electron chi connectivity index (χ3n) is 8.55. The molecule has 1 aliphatic heterocycles. The van der Waals surface area contributed by atoms with Crippen LogP contribution in [-0.2, 0) is 9.53 Å². The number of carbonyl (C=O) groups excluding carboxylic acids is 2. The lowest BCUT2D eigenvalue weighted by Gasteiger charge is -2.31. The topological polar surface area (TPSA) is 58.6 Å². The van der Waals surface area contributed by atoms with Crippen molar-refractivity contribution in [2.45, 2.75) is 57.4 Å². The largest absolute Gasteiger partial charge is 0.378 e. The van der Waals surface area contributed by atoms with Gasteiger partial charge >= 0.3 is 0 Å². The van der Waals surface area contributed by atoms with Crippen molar-refractivity contribution < 1.29 is 18.7 Å². The quantitative estimate of drug-likeness (QED) is 0.278. The maximum atomic E-state index is 13.4. The molecule has 40 heavy (non-hydrogen) atoms. The van der Waals surface area contributed by atoms with E-state index in [-0.39, 0.29) is 23.0 Å². The summed E-state index contributed by atoms with van der Waals surface area (Å²) in [7, 11) is 0. The first kappa shape index (κ1) is 28.0. The van der Waals surface area contributed by atoms with Gasteiger partial charge in [-0.1, -0.05) is 80.8 Å². The molecule has 1 N–H and O–H groups in total. The molecular formula is C34H39FN2O3. The molecule has 0 aromatic heterocycles. The lowest BCUT2D eigenvalue weighted by atomic mass is 9.94. The minimum absolute atomic E-state index is 0.0249. The van der Waals surface area contributed by atoms with Crippen molar-refractivity contribution in [3.05, 3.63) is 95.8 Å². The summed E-state index contributed by atoms with van der Waals surface area (Å²) in [4.78, 5) is 28.4. The molecule has 1 unspecified atom stereocenters. The summed E-state index contributed by atoms with van der Waals surface area (Å²) in [6.45, 7) is 4.48. The Morgan fingerprint density at radius 1 is 0.925 bits per heavy atom. The maximum absolute atomic E-state index is 13.4. The zero-order chi connectivity index (χ0) is 28.0. The molecule has 5 rings (SSSR count). The zero-order valence-corrected chi connectivity index (χ0v) is 23.3. The summed E-state index contributed by atoms with van der Waals surface area (Å²) >= 11 is 0. The highest BCUT2D eigenvalue weighted by Crippen LogP contribution is 2.61. The molecule has 2 amide bonds. The number of hydrogen-bond acceptors (Lipinski definition) is 3. The molecule has 0 bridgehead atoms. The number of benzene rings is 3. The van der Waals surface area contributed by atoms with E-state index in [2.05, 4.69) is 12.2 Å². The van der Waals surface area contributed by atoms with E-state index >= 15 is 0 Å². The lowest BCUT2D eigenvalue weighted by Crippen LogP contribution is -2.51. The van der Waals surface area contributed by atoms with E-state index in [1.54, 1.807) is 12.1 Å². The van der Waals surface area contributed by atoms with E-state index in [4.69, 9.17) is 4.74 Å². The van der Waals surface area contributed by atoms with Crippen molar-refractivity contribution >= 4 is 11.8 Å². The fraction of sp³-hybridized carbons (Fsp3) is 0.412. The summed E-state index contributed by atoms with van der Waals surface area (Å²) < 4.78 is 18.7. The molecule has 3 aromatic rings. The Balaban J connectivity index is 1.15. The molecule has 1 saturated heterocycles. The minimum atomic E-state index is -0.553. The molecule has 2 fully saturated rings. The molecular weight excluding hydrogens is 503 g/mol. The highest BCUT2D eigenvalue weighted by Gasteiger charge is 2.49. The minimum Gasteiger partial charge on any atom is -0.378 e. The number of rotatable bonds is 11. The van der Waals surface area contributed by atoms with Crippen LogP contribution in [0.15, 0.2) is 78.9 Å². The monoisotopic (exact) mass is 542 g/mol. The maximum Gasteiger partial charge on any atom is 0.251 e. The standard InChI is InChI=1S/C34H39FN2O3/c1-34(24-30(34)27-15-17-29(35)18-16-27)19-7-3-6-10-31(33(39)37-20-22-40-23-21-37)36-32(38)28-13-11-26(12-14-28)25-8-4-2-5-9-25/h2,4-5,8-9,11-18,30-31H,3,6-7,10,19-24H2,1H3,(H,36,38)/t30-,31-,34?/m0/s1. The van der Waals surface area contributed by atoms with Crippen LogP contribution in [0.3, 0.4) is 0 Å². The van der Waals surface area contributed by atoms with Gasteiger partial charge in [0.1, 0.15) is 11.9 Å². The Labute approximate surface area is 236 Å². The fourth-order valence-electron chi connectivity index (χ4n) is 5.90. The van der Waals surface area contributed by atoms with Gasteiger partial charge in [0.15, 0.2) is 0 Å². The Bertz CT molecular complexity index is 1270. The number of nitrogens with zero attached hydrogens (tertiary/aromatic N) is 1. The Kier molecular flexibility index (Phi) is 8.95. The van der Waals surface area contributed by atoms with Crippen LogP contribution in [0.4, 0.5) is 4.39 Å². The summed E-state index contributed by atoms with van der Waals surface area (Å²) in [5.74, 6) is 0.0572. The number of ether oxygens (including phenoxy) is 1. The van der Waals surface area contributed by atoms with Crippen LogP contribution in [0.2, 0.25) is 0 Å². The van der Waals surface area contributed by atoms with Crippen molar-refractivity contribution in [3.63, 3.8) is 0 Å². The Hall–Kier alpha value is -3.51. The summed E-state index contributed by atoms with van der Waals surface area (Å²) in [6, 6.07) is 23.9. The third kappa shape index (κ3) is 6.97. The van der Waals surface area contributed by atoms with E-state index < -0.39 is 6.04 Å². The Morgan fingerprint density at radius 3 is 2.30 bits per heavy atom. The van der Waals surface area contributed by atoms with Crippen LogP contribution in [-0.4, -0.2) is 49.1 Å². The van der Waals surface area contributed by atoms with E-state index in [9.17, 15) is 14.0 Å². The number of nitrogens with one attached hydrogen (secondary N) is 1. The van der Waals surface area contributed by atoms with Gasteiger partial charge in [-0.15, -0.1) is 0 Å². The number of halogens is 1. The molecule has 6 heteroatoms. The number of unbranched alkanes of at least 4 members (excludes halogenated alkanes) is 2. The molecule has 2 aliphatic rings. The third-order valence-corrected chi connectivity index (χ3v) is 8.55. The first-order chi connectivity index (χ1) is 19.4. The van der Waals surface area contributed by atoms with Crippen LogP contribution in [0.1, 0.15) is 67.3 Å². The van der Waals surface area contributed by atoms with Crippen molar-refractivity contribution in [2.24, 2.45) is 5.41 Å². The molecule has 3 aromatic carbocycles. The molecule has 1 saturated carbocycles.